The molecule has 0 fully saturated rings. The van der Waals surface area contributed by atoms with Crippen LogP contribution in [0.4, 0.5) is 11.4 Å². The molecule has 0 atom stereocenters. The molecule has 29 heavy (non-hydrogen) atoms. The lowest BCUT2D eigenvalue weighted by Gasteiger charge is -2.19. The number of sulfonamides is 1. The van der Waals surface area contributed by atoms with Crippen molar-refractivity contribution in [1.82, 2.24) is 8.87 Å². The minimum absolute atomic E-state index is 0.0418. The van der Waals surface area contributed by atoms with Crippen molar-refractivity contribution in [2.45, 2.75) is 31.7 Å². The van der Waals surface area contributed by atoms with Gasteiger partial charge < -0.3 is 9.88 Å². The van der Waals surface area contributed by atoms with Gasteiger partial charge in [0, 0.05) is 44.4 Å². The number of pyridine rings is 1. The molecule has 0 unspecified atom stereocenters. The Labute approximate surface area is 168 Å². The van der Waals surface area contributed by atoms with E-state index in [-0.39, 0.29) is 42.3 Å². The first-order valence-corrected chi connectivity index (χ1v) is 10.4. The van der Waals surface area contributed by atoms with Crippen molar-refractivity contribution in [2.24, 2.45) is 0 Å². The van der Waals surface area contributed by atoms with Crippen LogP contribution in [0.1, 0.15) is 20.3 Å². The molecule has 1 heterocycles. The Hall–Kier alpha value is -3.05. The number of nitro groups is 1. The van der Waals surface area contributed by atoms with Crippen LogP contribution in [0.2, 0.25) is 0 Å². The number of amides is 1. The van der Waals surface area contributed by atoms with Gasteiger partial charge in [0.2, 0.25) is 15.9 Å². The number of benzene rings is 1. The highest BCUT2D eigenvalue weighted by Gasteiger charge is 2.22. The Balaban J connectivity index is 2.16. The first-order valence-electron chi connectivity index (χ1n) is 8.94. The molecular weight excluding hydrogens is 400 g/mol. The van der Waals surface area contributed by atoms with Crippen LogP contribution in [0.15, 0.2) is 52.3 Å². The van der Waals surface area contributed by atoms with Gasteiger partial charge in [-0.2, -0.15) is 4.31 Å². The van der Waals surface area contributed by atoms with Crippen LogP contribution in [0.3, 0.4) is 0 Å². The van der Waals surface area contributed by atoms with Gasteiger partial charge in [-0.15, -0.1) is 0 Å². The Bertz CT molecular complexity index is 1060. The maximum atomic E-state index is 12.6. The zero-order valence-corrected chi connectivity index (χ0v) is 16.9. The predicted octanol–water partition coefficient (Wildman–Crippen LogP) is 1.82. The number of nitrogens with one attached hydrogen (secondary N) is 1. The molecule has 0 spiro atoms. The van der Waals surface area contributed by atoms with E-state index >= 15 is 0 Å². The molecule has 156 valence electrons. The third-order valence-electron chi connectivity index (χ3n) is 4.25. The van der Waals surface area contributed by atoms with E-state index < -0.39 is 26.4 Å². The lowest BCUT2D eigenvalue weighted by molar-refractivity contribution is -0.383. The number of carbonyl (C=O) groups is 1. The number of hydrogen-bond donors (Lipinski definition) is 1. The van der Waals surface area contributed by atoms with Gasteiger partial charge in [-0.1, -0.05) is 26.0 Å². The van der Waals surface area contributed by atoms with Gasteiger partial charge in [0.25, 0.3) is 11.2 Å². The fourth-order valence-corrected chi connectivity index (χ4v) is 4.20. The highest BCUT2D eigenvalue weighted by atomic mass is 32.2. The number of para-hydroxylation sites is 2. The summed E-state index contributed by atoms with van der Waals surface area (Å²) in [7, 11) is -3.74. The topological polar surface area (TPSA) is 132 Å². The monoisotopic (exact) mass is 422 g/mol. The Kier molecular flexibility index (Phi) is 7.23. The summed E-state index contributed by atoms with van der Waals surface area (Å²) in [5.74, 6) is -0.539. The quantitative estimate of drug-likeness (QED) is 0.484. The molecule has 1 N–H and O–H groups in total. The van der Waals surface area contributed by atoms with Crippen molar-refractivity contribution >= 4 is 27.3 Å². The van der Waals surface area contributed by atoms with Gasteiger partial charge >= 0.3 is 0 Å². The number of nitrogens with zero attached hydrogens (tertiary/aromatic N) is 3. The molecule has 0 aliphatic carbocycles. The molecule has 2 rings (SSSR count). The molecule has 0 saturated heterocycles. The van der Waals surface area contributed by atoms with Crippen LogP contribution in [-0.4, -0.2) is 41.2 Å². The average Bonchev–Trinajstić information content (AvgIpc) is 2.68. The second kappa shape index (κ2) is 9.43. The van der Waals surface area contributed by atoms with Crippen molar-refractivity contribution in [2.75, 3.05) is 18.4 Å². The molecular formula is C18H22N4O6S. The lowest BCUT2D eigenvalue weighted by atomic mass is 10.2. The number of aryl methyl sites for hydroxylation is 1. The number of anilines is 1. The van der Waals surface area contributed by atoms with Crippen molar-refractivity contribution < 1.29 is 18.1 Å². The van der Waals surface area contributed by atoms with E-state index in [9.17, 15) is 28.1 Å². The van der Waals surface area contributed by atoms with E-state index in [4.69, 9.17) is 0 Å². The number of carbonyl (C=O) groups excluding carboxylic acids is 1. The van der Waals surface area contributed by atoms with E-state index in [0.717, 1.165) is 10.6 Å². The molecule has 1 aromatic carbocycles. The summed E-state index contributed by atoms with van der Waals surface area (Å²) < 4.78 is 27.6. The maximum absolute atomic E-state index is 12.6. The molecule has 11 heteroatoms. The highest BCUT2D eigenvalue weighted by Crippen LogP contribution is 2.23. The second-order valence-electron chi connectivity index (χ2n) is 6.06. The first kappa shape index (κ1) is 22.2. The van der Waals surface area contributed by atoms with E-state index in [1.165, 1.54) is 34.8 Å². The van der Waals surface area contributed by atoms with Gasteiger partial charge in [-0.05, 0) is 12.1 Å². The summed E-state index contributed by atoms with van der Waals surface area (Å²) in [6.45, 7) is 3.92. The summed E-state index contributed by atoms with van der Waals surface area (Å²) >= 11 is 0. The third-order valence-corrected chi connectivity index (χ3v) is 6.29. The largest absolute Gasteiger partial charge is 0.320 e. The second-order valence-corrected chi connectivity index (χ2v) is 8.00. The van der Waals surface area contributed by atoms with E-state index in [1.54, 1.807) is 19.9 Å². The fraction of sp³-hybridized carbons (Fsp3) is 0.333. The molecule has 1 aromatic heterocycles. The highest BCUT2D eigenvalue weighted by molar-refractivity contribution is 7.89. The summed E-state index contributed by atoms with van der Waals surface area (Å²) in [6.07, 6.45) is 1.04. The number of nitro benzene ring substituents is 1. The van der Waals surface area contributed by atoms with Crippen molar-refractivity contribution in [3.63, 3.8) is 0 Å². The minimum Gasteiger partial charge on any atom is -0.320 e. The van der Waals surface area contributed by atoms with Crippen LogP contribution in [0.25, 0.3) is 0 Å². The van der Waals surface area contributed by atoms with Crippen LogP contribution >= 0.6 is 0 Å². The molecule has 0 radical (unpaired) electrons. The zero-order chi connectivity index (χ0) is 21.6. The Morgan fingerprint density at radius 3 is 2.45 bits per heavy atom. The molecule has 2 aromatic rings. The normalized spacial score (nSPS) is 11.4. The molecule has 10 nitrogen and oxygen atoms in total. The Morgan fingerprint density at radius 1 is 1.17 bits per heavy atom. The van der Waals surface area contributed by atoms with Gasteiger partial charge in [0.05, 0.1) is 9.82 Å². The van der Waals surface area contributed by atoms with Crippen molar-refractivity contribution in [1.29, 1.82) is 0 Å². The van der Waals surface area contributed by atoms with Crippen molar-refractivity contribution in [3.8, 4) is 0 Å². The van der Waals surface area contributed by atoms with Crippen molar-refractivity contribution in [3.05, 3.63) is 63.1 Å². The van der Waals surface area contributed by atoms with Gasteiger partial charge in [0.15, 0.2) is 0 Å². The van der Waals surface area contributed by atoms with Crippen LogP contribution in [0, 0.1) is 10.1 Å². The lowest BCUT2D eigenvalue weighted by Crippen LogP contribution is -2.32. The maximum Gasteiger partial charge on any atom is 0.292 e. The summed E-state index contributed by atoms with van der Waals surface area (Å²) in [6, 6.07) is 8.07. The van der Waals surface area contributed by atoms with Crippen LogP contribution < -0.4 is 10.9 Å². The number of hydrogen-bond acceptors (Lipinski definition) is 6. The molecule has 1 amide bonds. The SMILES string of the molecule is CCN(CC)S(=O)(=O)c1ccc(=O)n(CCC(=O)Nc2ccccc2[N+](=O)[O-])c1. The molecule has 0 saturated carbocycles. The first-order chi connectivity index (χ1) is 13.7. The Morgan fingerprint density at radius 2 is 1.83 bits per heavy atom. The minimum atomic E-state index is -3.74. The number of rotatable bonds is 9. The molecule has 0 aliphatic rings. The summed E-state index contributed by atoms with van der Waals surface area (Å²) in [5.41, 5.74) is -0.653. The van der Waals surface area contributed by atoms with Gasteiger partial charge in [-0.3, -0.25) is 19.7 Å². The molecule has 0 aliphatic heterocycles. The number of aromatic nitrogens is 1. The van der Waals surface area contributed by atoms with E-state index in [0.29, 0.717) is 0 Å². The predicted molar refractivity (Wildman–Crippen MR) is 107 cm³/mol. The third kappa shape index (κ3) is 5.27. The van der Waals surface area contributed by atoms with Crippen LogP contribution in [-0.2, 0) is 21.4 Å². The average molecular weight is 422 g/mol. The summed E-state index contributed by atoms with van der Waals surface area (Å²) in [4.78, 5) is 34.6. The van der Waals surface area contributed by atoms with Gasteiger partial charge in [-0.25, -0.2) is 8.42 Å². The van der Waals surface area contributed by atoms with Crippen LogP contribution in [0.5, 0.6) is 0 Å². The van der Waals surface area contributed by atoms with E-state index in [2.05, 4.69) is 5.32 Å². The van der Waals surface area contributed by atoms with E-state index in [1.807, 2.05) is 0 Å². The summed E-state index contributed by atoms with van der Waals surface area (Å²) in [5, 5.41) is 13.5. The smallest absolute Gasteiger partial charge is 0.292 e. The fourth-order valence-electron chi connectivity index (χ4n) is 2.72. The molecule has 0 bridgehead atoms. The van der Waals surface area contributed by atoms with Gasteiger partial charge in [0.1, 0.15) is 5.69 Å². The standard InChI is InChI=1S/C18H22N4O6S/c1-3-21(4-2)29(27,28)14-9-10-18(24)20(13-14)12-11-17(23)19-15-7-5-6-8-16(15)22(25)26/h5-10,13H,3-4,11-12H2,1-2H3,(H,19,23). The zero-order valence-electron chi connectivity index (χ0n) is 16.1.